The van der Waals surface area contributed by atoms with Crippen LogP contribution in [0.1, 0.15) is 13.2 Å². The highest BCUT2D eigenvalue weighted by Crippen LogP contribution is 2.20. The molecule has 2 rings (SSSR count). The van der Waals surface area contributed by atoms with Gasteiger partial charge in [-0.2, -0.15) is 5.10 Å². The van der Waals surface area contributed by atoms with Crippen molar-refractivity contribution in [2.24, 2.45) is 0 Å². The van der Waals surface area contributed by atoms with Gasteiger partial charge in [-0.1, -0.05) is 0 Å². The van der Waals surface area contributed by atoms with Crippen LogP contribution >= 0.6 is 0 Å². The molecule has 0 amide bonds. The largest absolute Gasteiger partial charge is 0.372 e. The van der Waals surface area contributed by atoms with Gasteiger partial charge in [0, 0.05) is 23.7 Å². The van der Waals surface area contributed by atoms with Crippen molar-refractivity contribution in [3.8, 4) is 0 Å². The molecule has 1 N–H and O–H groups in total. The van der Waals surface area contributed by atoms with E-state index in [9.17, 15) is 15.2 Å². The van der Waals surface area contributed by atoms with E-state index in [1.807, 2.05) is 0 Å². The first-order valence-corrected chi connectivity index (χ1v) is 4.39. The molecule has 1 heterocycles. The van der Waals surface area contributed by atoms with Gasteiger partial charge in [-0.15, -0.1) is 0 Å². The molecule has 1 atom stereocenters. The molecule has 0 saturated carbocycles. The Labute approximate surface area is 84.9 Å². The minimum atomic E-state index is -0.739. The van der Waals surface area contributed by atoms with Crippen LogP contribution in [0.3, 0.4) is 0 Å². The van der Waals surface area contributed by atoms with Crippen molar-refractivity contribution in [2.75, 3.05) is 0 Å². The van der Waals surface area contributed by atoms with Gasteiger partial charge in [-0.3, -0.25) is 10.1 Å². The Morgan fingerprint density at radius 1 is 1.60 bits per heavy atom. The Bertz CT molecular complexity index is 518. The maximum absolute atomic E-state index is 10.5. The van der Waals surface area contributed by atoms with Crippen LogP contribution in [0.2, 0.25) is 0 Å². The first-order valence-electron chi connectivity index (χ1n) is 4.39. The van der Waals surface area contributed by atoms with Crippen LogP contribution in [0.25, 0.3) is 10.9 Å². The lowest BCUT2D eigenvalue weighted by molar-refractivity contribution is -0.384. The Hall–Kier alpha value is -1.95. The number of hydrogen-bond acceptors (Lipinski definition) is 4. The van der Waals surface area contributed by atoms with E-state index in [0.717, 1.165) is 5.39 Å². The number of aromatic nitrogens is 2. The maximum atomic E-state index is 10.5. The number of benzene rings is 1. The topological polar surface area (TPSA) is 81.2 Å². The third-order valence-corrected chi connectivity index (χ3v) is 2.10. The second-order valence-electron chi connectivity index (χ2n) is 3.24. The number of fused-ring (bicyclic) bond motifs is 1. The Morgan fingerprint density at radius 3 is 2.93 bits per heavy atom. The van der Waals surface area contributed by atoms with E-state index in [0.29, 0.717) is 5.52 Å². The van der Waals surface area contributed by atoms with E-state index >= 15 is 0 Å². The molecule has 15 heavy (non-hydrogen) atoms. The molecule has 0 aliphatic heterocycles. The number of aliphatic hydroxyl groups excluding tert-OH is 1. The number of rotatable bonds is 2. The average molecular weight is 207 g/mol. The van der Waals surface area contributed by atoms with Crippen molar-refractivity contribution in [1.29, 1.82) is 0 Å². The van der Waals surface area contributed by atoms with Crippen LogP contribution in [0.4, 0.5) is 5.69 Å². The van der Waals surface area contributed by atoms with E-state index in [1.54, 1.807) is 19.2 Å². The summed E-state index contributed by atoms with van der Waals surface area (Å²) in [5, 5.41) is 24.6. The number of nitro groups is 1. The molecule has 0 radical (unpaired) electrons. The standard InChI is InChI=1S/C9H9N3O3/c1-6(13)11-5-7-2-3-8(12(14)15)4-9(7)10-11/h2-6,13H,1H3. The number of nitrogens with zero attached hydrogens (tertiary/aromatic N) is 3. The average Bonchev–Trinajstić information content (AvgIpc) is 2.59. The predicted octanol–water partition coefficient (Wildman–Crippen LogP) is 1.46. The second kappa shape index (κ2) is 3.32. The lowest BCUT2D eigenvalue weighted by Crippen LogP contribution is -2.03. The highest BCUT2D eigenvalue weighted by Gasteiger charge is 2.09. The Balaban J connectivity index is 2.57. The van der Waals surface area contributed by atoms with Gasteiger partial charge in [0.25, 0.3) is 5.69 Å². The van der Waals surface area contributed by atoms with Crippen molar-refractivity contribution in [3.05, 3.63) is 34.5 Å². The summed E-state index contributed by atoms with van der Waals surface area (Å²) in [4.78, 5) is 10.0. The summed E-state index contributed by atoms with van der Waals surface area (Å²) in [7, 11) is 0. The summed E-state index contributed by atoms with van der Waals surface area (Å²) in [6.07, 6.45) is 0.903. The summed E-state index contributed by atoms with van der Waals surface area (Å²) in [6.45, 7) is 1.57. The minimum absolute atomic E-state index is 0.00153. The summed E-state index contributed by atoms with van der Waals surface area (Å²) < 4.78 is 1.36. The summed E-state index contributed by atoms with van der Waals surface area (Å²) in [5.74, 6) is 0. The zero-order valence-corrected chi connectivity index (χ0v) is 7.99. The second-order valence-corrected chi connectivity index (χ2v) is 3.24. The van der Waals surface area contributed by atoms with Crippen LogP contribution in [0.15, 0.2) is 24.4 Å². The fraction of sp³-hybridized carbons (Fsp3) is 0.222. The van der Waals surface area contributed by atoms with Crippen LogP contribution in [-0.4, -0.2) is 19.8 Å². The predicted molar refractivity (Wildman–Crippen MR) is 53.3 cm³/mol. The first-order chi connectivity index (χ1) is 7.08. The van der Waals surface area contributed by atoms with E-state index in [-0.39, 0.29) is 5.69 Å². The SMILES string of the molecule is CC(O)n1cc2ccc([N+](=O)[O-])cc2n1. The molecule has 0 aliphatic carbocycles. The van der Waals surface area contributed by atoms with Crippen LogP contribution in [-0.2, 0) is 0 Å². The highest BCUT2D eigenvalue weighted by atomic mass is 16.6. The molecule has 0 spiro atoms. The fourth-order valence-electron chi connectivity index (χ4n) is 1.33. The molecule has 0 aliphatic rings. The minimum Gasteiger partial charge on any atom is -0.372 e. The molecule has 0 bridgehead atoms. The van der Waals surface area contributed by atoms with Gasteiger partial charge >= 0.3 is 0 Å². The molecule has 1 aromatic carbocycles. The van der Waals surface area contributed by atoms with Crippen molar-refractivity contribution in [1.82, 2.24) is 9.78 Å². The van der Waals surface area contributed by atoms with Gasteiger partial charge in [-0.05, 0) is 13.0 Å². The first kappa shape index (κ1) is 9.60. The van der Waals surface area contributed by atoms with E-state index in [2.05, 4.69) is 5.10 Å². The monoisotopic (exact) mass is 207 g/mol. The van der Waals surface area contributed by atoms with Gasteiger partial charge in [0.1, 0.15) is 6.23 Å². The summed E-state index contributed by atoms with van der Waals surface area (Å²) in [5.41, 5.74) is 0.503. The molecule has 1 unspecified atom stereocenters. The number of hydrogen-bond donors (Lipinski definition) is 1. The molecule has 6 nitrogen and oxygen atoms in total. The summed E-state index contributed by atoms with van der Waals surface area (Å²) >= 11 is 0. The molecule has 6 heteroatoms. The molecule has 1 aromatic heterocycles. The molecule has 0 fully saturated rings. The lowest BCUT2D eigenvalue weighted by Gasteiger charge is -2.01. The smallest absolute Gasteiger partial charge is 0.271 e. The van der Waals surface area contributed by atoms with E-state index in [4.69, 9.17) is 0 Å². The van der Waals surface area contributed by atoms with Crippen molar-refractivity contribution in [2.45, 2.75) is 13.2 Å². The number of non-ortho nitro benzene ring substituents is 1. The van der Waals surface area contributed by atoms with Crippen LogP contribution in [0.5, 0.6) is 0 Å². The quantitative estimate of drug-likeness (QED) is 0.597. The molecular formula is C9H9N3O3. The Morgan fingerprint density at radius 2 is 2.33 bits per heavy atom. The van der Waals surface area contributed by atoms with Gasteiger partial charge in [0.15, 0.2) is 0 Å². The lowest BCUT2D eigenvalue weighted by atomic mass is 10.2. The van der Waals surface area contributed by atoms with Gasteiger partial charge in [-0.25, -0.2) is 4.68 Å². The van der Waals surface area contributed by atoms with Crippen LogP contribution in [0, 0.1) is 10.1 Å². The van der Waals surface area contributed by atoms with Crippen LogP contribution < -0.4 is 0 Å². The van der Waals surface area contributed by atoms with Gasteiger partial charge in [0.2, 0.25) is 0 Å². The van der Waals surface area contributed by atoms with Crippen molar-refractivity contribution >= 4 is 16.6 Å². The van der Waals surface area contributed by atoms with E-state index < -0.39 is 11.2 Å². The fourth-order valence-corrected chi connectivity index (χ4v) is 1.33. The Kier molecular flexibility index (Phi) is 2.12. The van der Waals surface area contributed by atoms with Crippen molar-refractivity contribution < 1.29 is 10.0 Å². The zero-order valence-electron chi connectivity index (χ0n) is 7.99. The number of aliphatic hydroxyl groups is 1. The molecule has 0 saturated heterocycles. The highest BCUT2D eigenvalue weighted by molar-refractivity contribution is 5.80. The normalized spacial score (nSPS) is 12.9. The van der Waals surface area contributed by atoms with Gasteiger partial charge < -0.3 is 5.11 Å². The number of nitro benzene ring substituents is 1. The maximum Gasteiger partial charge on any atom is 0.271 e. The summed E-state index contributed by atoms with van der Waals surface area (Å²) in [6, 6.07) is 4.41. The van der Waals surface area contributed by atoms with Gasteiger partial charge in [0.05, 0.1) is 10.4 Å². The van der Waals surface area contributed by atoms with Crippen molar-refractivity contribution in [3.63, 3.8) is 0 Å². The third-order valence-electron chi connectivity index (χ3n) is 2.10. The zero-order chi connectivity index (χ0) is 11.0. The van der Waals surface area contributed by atoms with E-state index in [1.165, 1.54) is 16.8 Å². The molecule has 2 aromatic rings. The molecular weight excluding hydrogens is 198 g/mol. The third kappa shape index (κ3) is 1.66. The molecule has 78 valence electrons.